The van der Waals surface area contributed by atoms with Crippen LogP contribution in [0.15, 0.2) is 60.7 Å². The third-order valence-corrected chi connectivity index (χ3v) is 6.26. The van der Waals surface area contributed by atoms with Crippen LogP contribution in [0.1, 0.15) is 37.4 Å². The highest BCUT2D eigenvalue weighted by atomic mass is 16.2. The van der Waals surface area contributed by atoms with Crippen LogP contribution in [-0.4, -0.2) is 53.5 Å². The van der Waals surface area contributed by atoms with E-state index in [4.69, 9.17) is 5.73 Å². The number of nitrogens with one attached hydrogen (secondary N) is 1. The molecule has 1 aliphatic heterocycles. The van der Waals surface area contributed by atoms with Crippen molar-refractivity contribution >= 4 is 11.8 Å². The van der Waals surface area contributed by atoms with Gasteiger partial charge in [-0.1, -0.05) is 60.7 Å². The molecular weight excluding hydrogens is 376 g/mol. The fourth-order valence-electron chi connectivity index (χ4n) is 4.41. The second kappa shape index (κ2) is 8.98. The highest BCUT2D eigenvalue weighted by Crippen LogP contribution is 2.41. The molecule has 160 valence electrons. The molecular formula is C24H32N4O2. The number of nitrogens with zero attached hydrogens (tertiary/aromatic N) is 2. The zero-order valence-electron chi connectivity index (χ0n) is 18.2. The van der Waals surface area contributed by atoms with Crippen molar-refractivity contribution in [1.82, 2.24) is 15.1 Å². The van der Waals surface area contributed by atoms with Crippen molar-refractivity contribution in [1.29, 1.82) is 0 Å². The molecule has 1 aliphatic rings. The van der Waals surface area contributed by atoms with Crippen molar-refractivity contribution in [2.75, 3.05) is 14.1 Å². The zero-order valence-corrected chi connectivity index (χ0v) is 18.2. The van der Waals surface area contributed by atoms with Crippen molar-refractivity contribution in [3.05, 3.63) is 71.8 Å². The van der Waals surface area contributed by atoms with Gasteiger partial charge >= 0.3 is 0 Å². The van der Waals surface area contributed by atoms with Crippen LogP contribution in [0.25, 0.3) is 0 Å². The maximum absolute atomic E-state index is 13.3. The van der Waals surface area contributed by atoms with Crippen LogP contribution in [-0.2, 0) is 16.0 Å². The molecule has 1 fully saturated rings. The van der Waals surface area contributed by atoms with Crippen molar-refractivity contribution in [3.63, 3.8) is 0 Å². The lowest BCUT2D eigenvalue weighted by Gasteiger charge is -2.43. The van der Waals surface area contributed by atoms with Gasteiger partial charge < -0.3 is 16.0 Å². The van der Waals surface area contributed by atoms with Gasteiger partial charge in [0.25, 0.3) is 0 Å². The van der Waals surface area contributed by atoms with Gasteiger partial charge in [-0.3, -0.25) is 14.5 Å². The number of amides is 2. The summed E-state index contributed by atoms with van der Waals surface area (Å²) in [6, 6.07) is 18.9. The van der Waals surface area contributed by atoms with E-state index in [-0.39, 0.29) is 23.9 Å². The normalized spacial score (nSPS) is 20.8. The predicted molar refractivity (Wildman–Crippen MR) is 118 cm³/mol. The number of carbonyl (C=O) groups excluding carboxylic acids is 2. The summed E-state index contributed by atoms with van der Waals surface area (Å²) in [5.41, 5.74) is 7.88. The van der Waals surface area contributed by atoms with E-state index in [1.807, 2.05) is 72.6 Å². The molecule has 6 heteroatoms. The second-order valence-corrected chi connectivity index (χ2v) is 8.39. The highest BCUT2D eigenvalue weighted by molar-refractivity contribution is 5.85. The Morgan fingerprint density at radius 2 is 1.67 bits per heavy atom. The Labute approximate surface area is 179 Å². The van der Waals surface area contributed by atoms with E-state index in [1.165, 1.54) is 0 Å². The molecule has 2 amide bonds. The Kier molecular flexibility index (Phi) is 6.58. The summed E-state index contributed by atoms with van der Waals surface area (Å²) < 4.78 is 0. The summed E-state index contributed by atoms with van der Waals surface area (Å²) in [5, 5.41) is 2.64. The van der Waals surface area contributed by atoms with Crippen LogP contribution >= 0.6 is 0 Å². The lowest BCUT2D eigenvalue weighted by atomic mass is 9.93. The average molecular weight is 409 g/mol. The molecule has 3 N–H and O–H groups in total. The van der Waals surface area contributed by atoms with E-state index in [1.54, 1.807) is 7.05 Å². The molecule has 3 atom stereocenters. The fourth-order valence-corrected chi connectivity index (χ4v) is 4.41. The maximum Gasteiger partial charge on any atom is 0.241 e. The third-order valence-electron chi connectivity index (χ3n) is 6.26. The number of hydrogen-bond acceptors (Lipinski definition) is 4. The van der Waals surface area contributed by atoms with E-state index >= 15 is 0 Å². The Morgan fingerprint density at radius 1 is 1.10 bits per heavy atom. The molecule has 0 spiro atoms. The van der Waals surface area contributed by atoms with Gasteiger partial charge in [0.1, 0.15) is 0 Å². The zero-order chi connectivity index (χ0) is 21.9. The Morgan fingerprint density at radius 3 is 2.23 bits per heavy atom. The van der Waals surface area contributed by atoms with Gasteiger partial charge in [0, 0.05) is 20.1 Å². The quantitative estimate of drug-likeness (QED) is 0.737. The second-order valence-electron chi connectivity index (χ2n) is 8.39. The van der Waals surface area contributed by atoms with Crippen LogP contribution in [0.4, 0.5) is 0 Å². The molecule has 0 aromatic heterocycles. The van der Waals surface area contributed by atoms with Crippen LogP contribution in [0, 0.1) is 0 Å². The van der Waals surface area contributed by atoms with Crippen molar-refractivity contribution in [3.8, 4) is 0 Å². The first kappa shape index (κ1) is 22.0. The molecule has 6 nitrogen and oxygen atoms in total. The molecule has 1 saturated heterocycles. The maximum atomic E-state index is 13.3. The van der Waals surface area contributed by atoms with Crippen LogP contribution < -0.4 is 11.1 Å². The number of benzene rings is 2. The SMILES string of the molecule is CNC(=O)C(N)CC(c1ccccc1)N1C(Cc2ccccc2)C(=O)N(C)C1(C)C. The Hall–Kier alpha value is -2.70. The standard InChI is InChI=1S/C24H32N4O2/c1-24(2)27(4)23(30)21(15-17-11-7-5-8-12-17)28(24)20(16-19(25)22(29)26-3)18-13-9-6-10-14-18/h5-14,19-21H,15-16,25H2,1-4H3,(H,26,29). The van der Waals surface area contributed by atoms with Gasteiger partial charge in [-0.25, -0.2) is 0 Å². The van der Waals surface area contributed by atoms with Gasteiger partial charge in [0.15, 0.2) is 0 Å². The number of rotatable bonds is 7. The van der Waals surface area contributed by atoms with Gasteiger partial charge in [-0.2, -0.15) is 0 Å². The molecule has 1 heterocycles. The molecule has 0 bridgehead atoms. The summed E-state index contributed by atoms with van der Waals surface area (Å²) in [5.74, 6) is -0.120. The first-order valence-electron chi connectivity index (χ1n) is 10.4. The Bertz CT molecular complexity index is 869. The molecule has 2 aromatic carbocycles. The lowest BCUT2D eigenvalue weighted by molar-refractivity contribution is -0.130. The topological polar surface area (TPSA) is 78.7 Å². The van der Waals surface area contributed by atoms with Crippen LogP contribution in [0.3, 0.4) is 0 Å². The predicted octanol–water partition coefficient (Wildman–Crippen LogP) is 2.31. The molecule has 3 rings (SSSR count). The first-order valence-corrected chi connectivity index (χ1v) is 10.4. The van der Waals surface area contributed by atoms with Gasteiger partial charge in [0.05, 0.1) is 17.7 Å². The molecule has 2 aromatic rings. The lowest BCUT2D eigenvalue weighted by Crippen LogP contribution is -2.52. The van der Waals surface area contributed by atoms with Crippen molar-refractivity contribution < 1.29 is 9.59 Å². The summed E-state index contributed by atoms with van der Waals surface area (Å²) in [6.45, 7) is 4.11. The molecule has 0 saturated carbocycles. The minimum atomic E-state index is -0.672. The van der Waals surface area contributed by atoms with E-state index < -0.39 is 11.7 Å². The number of carbonyl (C=O) groups is 2. The summed E-state index contributed by atoms with van der Waals surface area (Å²) in [6.07, 6.45) is 1.02. The minimum absolute atomic E-state index is 0.0818. The largest absolute Gasteiger partial charge is 0.358 e. The molecule has 0 radical (unpaired) electrons. The monoisotopic (exact) mass is 408 g/mol. The number of hydrogen-bond donors (Lipinski definition) is 2. The van der Waals surface area contributed by atoms with Crippen molar-refractivity contribution in [2.24, 2.45) is 5.73 Å². The number of nitrogens with two attached hydrogens (primary N) is 1. The van der Waals surface area contributed by atoms with Crippen molar-refractivity contribution in [2.45, 2.75) is 50.5 Å². The smallest absolute Gasteiger partial charge is 0.241 e. The van der Waals surface area contributed by atoms with Gasteiger partial charge in [-0.15, -0.1) is 0 Å². The van der Waals surface area contributed by atoms with Gasteiger partial charge in [-0.05, 0) is 37.8 Å². The Balaban J connectivity index is 2.04. The minimum Gasteiger partial charge on any atom is -0.358 e. The van der Waals surface area contributed by atoms with Crippen LogP contribution in [0.2, 0.25) is 0 Å². The molecule has 0 aliphatic carbocycles. The average Bonchev–Trinajstić information content (AvgIpc) is 2.92. The van der Waals surface area contributed by atoms with E-state index in [0.29, 0.717) is 12.8 Å². The number of likely N-dealkylation sites (N-methyl/N-ethyl adjacent to an activating group) is 2. The van der Waals surface area contributed by atoms with E-state index in [9.17, 15) is 9.59 Å². The first-order chi connectivity index (χ1) is 14.3. The molecule has 30 heavy (non-hydrogen) atoms. The van der Waals surface area contributed by atoms with Gasteiger partial charge in [0.2, 0.25) is 11.8 Å². The summed E-state index contributed by atoms with van der Waals surface area (Å²) in [4.78, 5) is 29.6. The van der Waals surface area contributed by atoms with E-state index in [2.05, 4.69) is 24.1 Å². The summed E-state index contributed by atoms with van der Waals surface area (Å²) >= 11 is 0. The third kappa shape index (κ3) is 4.25. The van der Waals surface area contributed by atoms with E-state index in [0.717, 1.165) is 11.1 Å². The molecule has 3 unspecified atom stereocenters. The summed E-state index contributed by atoms with van der Waals surface area (Å²) in [7, 11) is 3.44. The highest BCUT2D eigenvalue weighted by Gasteiger charge is 2.52. The fraction of sp³-hybridized carbons (Fsp3) is 0.417. The van der Waals surface area contributed by atoms with Crippen LogP contribution in [0.5, 0.6) is 0 Å².